The summed E-state index contributed by atoms with van der Waals surface area (Å²) in [5.74, 6) is -0.292. The Kier molecular flexibility index (Phi) is 4.60. The van der Waals surface area contributed by atoms with Gasteiger partial charge in [-0.25, -0.2) is 8.42 Å². The number of nitrogens with one attached hydrogen (secondary N) is 1. The van der Waals surface area contributed by atoms with Gasteiger partial charge in [-0.05, 0) is 25.8 Å². The van der Waals surface area contributed by atoms with Gasteiger partial charge >= 0.3 is 6.01 Å². The lowest BCUT2D eigenvalue weighted by atomic mass is 10.0. The molecule has 1 aliphatic rings. The molecule has 1 aliphatic heterocycles. The van der Waals surface area contributed by atoms with E-state index in [9.17, 15) is 13.2 Å². The van der Waals surface area contributed by atoms with E-state index in [0.29, 0.717) is 18.7 Å². The van der Waals surface area contributed by atoms with E-state index < -0.39 is 22.0 Å². The third-order valence-electron chi connectivity index (χ3n) is 4.17. The van der Waals surface area contributed by atoms with Crippen molar-refractivity contribution in [2.24, 2.45) is 7.05 Å². The average Bonchev–Trinajstić information content (AvgIpc) is 3.14. The first-order chi connectivity index (χ1) is 11.8. The molecule has 25 heavy (non-hydrogen) atoms. The highest BCUT2D eigenvalue weighted by Gasteiger charge is 2.35. The van der Waals surface area contributed by atoms with Gasteiger partial charge in [0.15, 0.2) is 0 Å². The molecule has 3 heterocycles. The highest BCUT2D eigenvalue weighted by atomic mass is 32.2. The summed E-state index contributed by atoms with van der Waals surface area (Å²) in [6.07, 6.45) is 3.08. The Labute approximate surface area is 145 Å². The number of hydrogen-bond donors (Lipinski definition) is 1. The molecule has 0 bridgehead atoms. The molecule has 1 saturated heterocycles. The van der Waals surface area contributed by atoms with E-state index in [2.05, 4.69) is 20.6 Å². The van der Waals surface area contributed by atoms with Crippen molar-refractivity contribution < 1.29 is 17.6 Å². The molecule has 1 fully saturated rings. The third kappa shape index (κ3) is 3.71. The second-order valence-corrected chi connectivity index (χ2v) is 8.02. The molecule has 0 saturated carbocycles. The largest absolute Gasteiger partial charge is 0.401 e. The topological polar surface area (TPSA) is 123 Å². The van der Waals surface area contributed by atoms with Gasteiger partial charge in [0.2, 0.25) is 15.9 Å². The Morgan fingerprint density at radius 3 is 2.76 bits per heavy atom. The van der Waals surface area contributed by atoms with E-state index in [1.54, 1.807) is 17.8 Å². The van der Waals surface area contributed by atoms with Crippen LogP contribution in [0.4, 0.5) is 6.01 Å². The van der Waals surface area contributed by atoms with Crippen LogP contribution >= 0.6 is 0 Å². The van der Waals surface area contributed by atoms with Crippen LogP contribution in [0.2, 0.25) is 0 Å². The number of carbonyl (C=O) groups is 1. The fourth-order valence-electron chi connectivity index (χ4n) is 2.80. The molecule has 0 radical (unpaired) electrons. The maximum atomic E-state index is 12.5. The van der Waals surface area contributed by atoms with Gasteiger partial charge in [-0.15, -0.1) is 5.10 Å². The summed E-state index contributed by atoms with van der Waals surface area (Å²) in [6, 6.07) is 0.935. The van der Waals surface area contributed by atoms with Crippen LogP contribution in [0.5, 0.6) is 0 Å². The normalized spacial score (nSPS) is 19.1. The van der Waals surface area contributed by atoms with E-state index in [0.717, 1.165) is 24.8 Å². The molecular formula is C14H20N6O4S. The Balaban J connectivity index is 1.75. The molecule has 3 rings (SSSR count). The lowest BCUT2D eigenvalue weighted by molar-refractivity contribution is -0.120. The molecule has 1 amide bonds. The van der Waals surface area contributed by atoms with Gasteiger partial charge in [-0.2, -0.15) is 9.40 Å². The van der Waals surface area contributed by atoms with E-state index in [4.69, 9.17) is 4.42 Å². The van der Waals surface area contributed by atoms with Crippen LogP contribution in [0, 0.1) is 6.92 Å². The smallest absolute Gasteiger partial charge is 0.322 e. The van der Waals surface area contributed by atoms with Gasteiger partial charge in [0.05, 0.1) is 6.26 Å². The van der Waals surface area contributed by atoms with Crippen LogP contribution in [0.15, 0.2) is 10.5 Å². The number of hydrogen-bond acceptors (Lipinski definition) is 7. The molecule has 11 heteroatoms. The number of piperidine rings is 1. The van der Waals surface area contributed by atoms with Crippen LogP contribution in [0.25, 0.3) is 11.6 Å². The number of nitrogens with zero attached hydrogens (tertiary/aromatic N) is 5. The quantitative estimate of drug-likeness (QED) is 0.835. The van der Waals surface area contributed by atoms with E-state index in [-0.39, 0.29) is 11.9 Å². The van der Waals surface area contributed by atoms with Crippen molar-refractivity contribution in [2.45, 2.75) is 32.2 Å². The first-order valence-corrected chi connectivity index (χ1v) is 9.73. The lowest BCUT2D eigenvalue weighted by Crippen LogP contribution is -2.49. The number of anilines is 1. The summed E-state index contributed by atoms with van der Waals surface area (Å²) in [4.78, 5) is 12.5. The van der Waals surface area contributed by atoms with Gasteiger partial charge < -0.3 is 4.42 Å². The van der Waals surface area contributed by atoms with E-state index in [1.807, 2.05) is 6.92 Å². The van der Waals surface area contributed by atoms with Crippen molar-refractivity contribution in [1.82, 2.24) is 24.3 Å². The van der Waals surface area contributed by atoms with Gasteiger partial charge in [-0.3, -0.25) is 14.8 Å². The Morgan fingerprint density at radius 1 is 1.36 bits per heavy atom. The zero-order chi connectivity index (χ0) is 18.2. The summed E-state index contributed by atoms with van der Waals surface area (Å²) in [5.41, 5.74) is 1.42. The van der Waals surface area contributed by atoms with E-state index >= 15 is 0 Å². The van der Waals surface area contributed by atoms with E-state index in [1.165, 1.54) is 4.31 Å². The molecule has 2 aromatic heterocycles. The molecule has 0 spiro atoms. The van der Waals surface area contributed by atoms with Crippen molar-refractivity contribution in [2.75, 3.05) is 18.1 Å². The summed E-state index contributed by atoms with van der Waals surface area (Å²) in [5, 5.41) is 14.4. The molecule has 136 valence electrons. The Bertz CT molecular complexity index is 868. The number of carbonyl (C=O) groups excluding carboxylic acids is 1. The average molecular weight is 368 g/mol. The first-order valence-electron chi connectivity index (χ1n) is 7.88. The second-order valence-electron chi connectivity index (χ2n) is 6.08. The van der Waals surface area contributed by atoms with Crippen molar-refractivity contribution in [3.8, 4) is 11.6 Å². The summed E-state index contributed by atoms with van der Waals surface area (Å²) in [6.45, 7) is 2.22. The summed E-state index contributed by atoms with van der Waals surface area (Å²) < 4.78 is 32.0. The number of sulfonamides is 1. The Hall–Kier alpha value is -2.27. The molecule has 1 unspecified atom stereocenters. The van der Waals surface area contributed by atoms with Crippen molar-refractivity contribution >= 4 is 21.9 Å². The minimum absolute atomic E-state index is 0.0812. The highest BCUT2D eigenvalue weighted by Crippen LogP contribution is 2.23. The standard InChI is InChI=1S/C14H20N6O4S/c1-9-8-10(18-19(9)2)13-16-17-14(24-13)15-12(21)11-6-4-5-7-20(11)25(3,22)23/h8,11H,4-7H2,1-3H3,(H,15,17,21). The summed E-state index contributed by atoms with van der Waals surface area (Å²) >= 11 is 0. The van der Waals surface area contributed by atoms with Gasteiger partial charge in [0, 0.05) is 19.3 Å². The molecule has 10 nitrogen and oxygen atoms in total. The maximum absolute atomic E-state index is 12.5. The lowest BCUT2D eigenvalue weighted by Gasteiger charge is -2.32. The Morgan fingerprint density at radius 2 is 2.12 bits per heavy atom. The molecule has 0 aromatic carbocycles. The molecular weight excluding hydrogens is 348 g/mol. The second kappa shape index (κ2) is 6.56. The minimum atomic E-state index is -3.46. The SMILES string of the molecule is Cc1cc(-c2nnc(NC(=O)C3CCCCN3S(C)(=O)=O)o2)nn1C. The molecule has 0 aliphatic carbocycles. The first kappa shape index (κ1) is 17.5. The summed E-state index contributed by atoms with van der Waals surface area (Å²) in [7, 11) is -1.67. The zero-order valence-corrected chi connectivity index (χ0v) is 15.1. The molecule has 1 N–H and O–H groups in total. The highest BCUT2D eigenvalue weighted by molar-refractivity contribution is 7.88. The van der Waals surface area contributed by atoms with Crippen LogP contribution in [0.1, 0.15) is 25.0 Å². The van der Waals surface area contributed by atoms with Crippen molar-refractivity contribution in [3.05, 3.63) is 11.8 Å². The van der Waals surface area contributed by atoms with Gasteiger partial charge in [0.25, 0.3) is 5.89 Å². The van der Waals surface area contributed by atoms with Crippen molar-refractivity contribution in [3.63, 3.8) is 0 Å². The fourth-order valence-corrected chi connectivity index (χ4v) is 3.92. The predicted octanol–water partition coefficient (Wildman–Crippen LogP) is 0.531. The van der Waals surface area contributed by atoms with Crippen LogP contribution in [0.3, 0.4) is 0 Å². The zero-order valence-electron chi connectivity index (χ0n) is 14.3. The van der Waals surface area contributed by atoms with Gasteiger partial charge in [-0.1, -0.05) is 11.5 Å². The fraction of sp³-hybridized carbons (Fsp3) is 0.571. The third-order valence-corrected chi connectivity index (χ3v) is 5.46. The monoisotopic (exact) mass is 368 g/mol. The number of aromatic nitrogens is 4. The minimum Gasteiger partial charge on any atom is -0.401 e. The predicted molar refractivity (Wildman–Crippen MR) is 89.1 cm³/mol. The number of amides is 1. The number of aryl methyl sites for hydroxylation is 2. The molecule has 1 atom stereocenters. The van der Waals surface area contributed by atoms with Crippen LogP contribution in [-0.2, 0) is 21.9 Å². The van der Waals surface area contributed by atoms with Crippen LogP contribution < -0.4 is 5.32 Å². The molecule has 2 aromatic rings. The van der Waals surface area contributed by atoms with Gasteiger partial charge in [0.1, 0.15) is 11.7 Å². The number of rotatable bonds is 4. The van der Waals surface area contributed by atoms with Crippen molar-refractivity contribution in [1.29, 1.82) is 0 Å². The maximum Gasteiger partial charge on any atom is 0.322 e. The van der Waals surface area contributed by atoms with Crippen LogP contribution in [-0.4, -0.2) is 57.5 Å².